The molecule has 1 heterocycles. The van der Waals surface area contributed by atoms with Crippen LogP contribution >= 0.6 is 0 Å². The lowest BCUT2D eigenvalue weighted by Crippen LogP contribution is -2.48. The molecule has 1 aromatic carbocycles. The maximum absolute atomic E-state index is 12.8. The highest BCUT2D eigenvalue weighted by molar-refractivity contribution is 6.02. The molecular formula is C18H24O5. The van der Waals surface area contributed by atoms with Crippen molar-refractivity contribution < 1.29 is 24.2 Å². The lowest BCUT2D eigenvalue weighted by Gasteiger charge is -2.41. The molecule has 2 rings (SSSR count). The second-order valence-electron chi connectivity index (χ2n) is 6.11. The molecule has 2 atom stereocenters. The first kappa shape index (κ1) is 17.3. The maximum atomic E-state index is 12.8. The first-order valence-electron chi connectivity index (χ1n) is 8.13. The van der Waals surface area contributed by atoms with Crippen LogP contribution in [0.2, 0.25) is 0 Å². The van der Waals surface area contributed by atoms with Crippen molar-refractivity contribution in [3.05, 3.63) is 23.8 Å². The van der Waals surface area contributed by atoms with Crippen LogP contribution in [-0.4, -0.2) is 29.1 Å². The van der Waals surface area contributed by atoms with Crippen LogP contribution in [0.15, 0.2) is 18.2 Å². The molecule has 0 fully saturated rings. The number of Topliss-reactive ketones (excluding diaryl/α,β-unsaturated/α-hetero) is 1. The minimum absolute atomic E-state index is 0.0134. The van der Waals surface area contributed by atoms with Gasteiger partial charge in [-0.2, -0.15) is 0 Å². The molecule has 1 aliphatic rings. The van der Waals surface area contributed by atoms with Crippen molar-refractivity contribution in [1.82, 2.24) is 0 Å². The number of aromatic hydroxyl groups is 1. The Balaban J connectivity index is 2.28. The topological polar surface area (TPSA) is 72.8 Å². The number of phenols is 1. The summed E-state index contributed by atoms with van der Waals surface area (Å²) < 4.78 is 11.0. The zero-order chi connectivity index (χ0) is 17.0. The van der Waals surface area contributed by atoms with Gasteiger partial charge < -0.3 is 14.6 Å². The highest BCUT2D eigenvalue weighted by Gasteiger charge is 2.45. The van der Waals surface area contributed by atoms with E-state index in [4.69, 9.17) is 9.47 Å². The molecule has 0 spiro atoms. The predicted molar refractivity (Wildman–Crippen MR) is 85.7 cm³/mol. The molecule has 1 aliphatic heterocycles. The number of ketones is 1. The Labute approximate surface area is 136 Å². The Bertz CT molecular complexity index is 595. The molecule has 23 heavy (non-hydrogen) atoms. The van der Waals surface area contributed by atoms with Crippen molar-refractivity contribution in [2.45, 2.75) is 52.1 Å². The van der Waals surface area contributed by atoms with Gasteiger partial charge in [0.2, 0.25) is 0 Å². The summed E-state index contributed by atoms with van der Waals surface area (Å²) in [7, 11) is 0. The standard InChI is InChI=1S/C18H24O5/c1-4-6-14-17(21)13-8-7-12(19)11-15(13)23-18(14,3)10-9-16(20)22-5-2/h7-8,11,14,19H,4-6,9-10H2,1-3H3. The van der Waals surface area contributed by atoms with Gasteiger partial charge in [-0.15, -0.1) is 0 Å². The van der Waals surface area contributed by atoms with Crippen LogP contribution < -0.4 is 4.74 Å². The largest absolute Gasteiger partial charge is 0.508 e. The van der Waals surface area contributed by atoms with Gasteiger partial charge in [-0.25, -0.2) is 0 Å². The van der Waals surface area contributed by atoms with Crippen LogP contribution in [0.4, 0.5) is 0 Å². The first-order chi connectivity index (χ1) is 10.9. The number of phenolic OH excluding ortho intramolecular Hbond substituents is 1. The van der Waals surface area contributed by atoms with E-state index in [2.05, 4.69) is 0 Å². The summed E-state index contributed by atoms with van der Waals surface area (Å²) in [6.07, 6.45) is 2.14. The quantitative estimate of drug-likeness (QED) is 0.812. The third kappa shape index (κ3) is 3.66. The van der Waals surface area contributed by atoms with Gasteiger partial charge in [-0.05, 0) is 38.8 Å². The fourth-order valence-electron chi connectivity index (χ4n) is 3.12. The summed E-state index contributed by atoms with van der Waals surface area (Å²) in [5.41, 5.74) is -0.282. The molecule has 5 heteroatoms. The molecule has 1 aromatic rings. The molecule has 0 bridgehead atoms. The van der Waals surface area contributed by atoms with Crippen LogP contribution in [0.25, 0.3) is 0 Å². The van der Waals surface area contributed by atoms with E-state index in [1.165, 1.54) is 12.1 Å². The number of hydrogen-bond donors (Lipinski definition) is 1. The van der Waals surface area contributed by atoms with Crippen LogP contribution in [0.1, 0.15) is 56.8 Å². The third-order valence-electron chi connectivity index (χ3n) is 4.34. The van der Waals surface area contributed by atoms with Gasteiger partial charge in [0.15, 0.2) is 5.78 Å². The summed E-state index contributed by atoms with van der Waals surface area (Å²) >= 11 is 0. The predicted octanol–water partition coefficient (Wildman–Crippen LogP) is 3.49. The van der Waals surface area contributed by atoms with Gasteiger partial charge in [-0.1, -0.05) is 13.3 Å². The van der Waals surface area contributed by atoms with Gasteiger partial charge in [0.25, 0.3) is 0 Å². The normalized spacial score (nSPS) is 23.1. The van der Waals surface area contributed by atoms with E-state index in [1.807, 2.05) is 13.8 Å². The molecule has 0 amide bonds. The van der Waals surface area contributed by atoms with Gasteiger partial charge in [0, 0.05) is 12.5 Å². The summed E-state index contributed by atoms with van der Waals surface area (Å²) in [5.74, 6) is -0.146. The Morgan fingerprint density at radius 3 is 2.78 bits per heavy atom. The molecule has 0 aromatic heterocycles. The Kier molecular flexibility index (Phi) is 5.29. The molecule has 0 aliphatic carbocycles. The summed E-state index contributed by atoms with van der Waals surface area (Å²) in [6.45, 7) is 5.98. The zero-order valence-corrected chi connectivity index (χ0v) is 13.9. The first-order valence-corrected chi connectivity index (χ1v) is 8.13. The van der Waals surface area contributed by atoms with Crippen molar-refractivity contribution >= 4 is 11.8 Å². The van der Waals surface area contributed by atoms with E-state index in [1.54, 1.807) is 13.0 Å². The van der Waals surface area contributed by atoms with Crippen molar-refractivity contribution in [2.24, 2.45) is 5.92 Å². The van der Waals surface area contributed by atoms with Crippen molar-refractivity contribution in [1.29, 1.82) is 0 Å². The zero-order valence-electron chi connectivity index (χ0n) is 13.9. The fraction of sp³-hybridized carbons (Fsp3) is 0.556. The number of hydrogen-bond acceptors (Lipinski definition) is 5. The Morgan fingerprint density at radius 1 is 1.39 bits per heavy atom. The van der Waals surface area contributed by atoms with E-state index in [0.717, 1.165) is 6.42 Å². The number of benzene rings is 1. The number of rotatable bonds is 6. The fourth-order valence-corrected chi connectivity index (χ4v) is 3.12. The minimum atomic E-state index is -0.777. The molecular weight excluding hydrogens is 296 g/mol. The van der Waals surface area contributed by atoms with Crippen molar-refractivity contribution in [3.8, 4) is 11.5 Å². The number of esters is 1. The Morgan fingerprint density at radius 2 is 2.13 bits per heavy atom. The highest BCUT2D eigenvalue weighted by Crippen LogP contribution is 2.42. The number of fused-ring (bicyclic) bond motifs is 1. The molecule has 0 saturated carbocycles. The molecule has 5 nitrogen and oxygen atoms in total. The lowest BCUT2D eigenvalue weighted by molar-refractivity contribution is -0.144. The van der Waals surface area contributed by atoms with Gasteiger partial charge in [0.1, 0.15) is 17.1 Å². The van der Waals surface area contributed by atoms with E-state index < -0.39 is 5.60 Å². The second-order valence-corrected chi connectivity index (χ2v) is 6.11. The molecule has 1 N–H and O–H groups in total. The summed E-state index contributed by atoms with van der Waals surface area (Å²) in [6, 6.07) is 4.54. The molecule has 126 valence electrons. The van der Waals surface area contributed by atoms with Gasteiger partial charge >= 0.3 is 5.97 Å². The van der Waals surface area contributed by atoms with Gasteiger partial charge in [-0.3, -0.25) is 9.59 Å². The Hall–Kier alpha value is -2.04. The smallest absolute Gasteiger partial charge is 0.305 e. The molecule has 0 saturated heterocycles. The van der Waals surface area contributed by atoms with E-state index in [0.29, 0.717) is 30.8 Å². The SMILES string of the molecule is CCCC1C(=O)c2ccc(O)cc2OC1(C)CCC(=O)OCC. The average molecular weight is 320 g/mol. The van der Waals surface area contributed by atoms with E-state index in [-0.39, 0.29) is 29.8 Å². The number of ether oxygens (including phenoxy) is 2. The van der Waals surface area contributed by atoms with E-state index >= 15 is 0 Å². The van der Waals surface area contributed by atoms with Crippen molar-refractivity contribution in [3.63, 3.8) is 0 Å². The summed E-state index contributed by atoms with van der Waals surface area (Å²) in [4.78, 5) is 24.5. The lowest BCUT2D eigenvalue weighted by atomic mass is 9.75. The van der Waals surface area contributed by atoms with Crippen LogP contribution in [-0.2, 0) is 9.53 Å². The van der Waals surface area contributed by atoms with Crippen LogP contribution in [0.5, 0.6) is 11.5 Å². The second kappa shape index (κ2) is 7.02. The number of carbonyl (C=O) groups is 2. The van der Waals surface area contributed by atoms with Crippen molar-refractivity contribution in [2.75, 3.05) is 6.61 Å². The van der Waals surface area contributed by atoms with Crippen LogP contribution in [0.3, 0.4) is 0 Å². The summed E-state index contributed by atoms with van der Waals surface area (Å²) in [5, 5.41) is 9.64. The van der Waals surface area contributed by atoms with E-state index in [9.17, 15) is 14.7 Å². The molecule has 0 radical (unpaired) electrons. The number of carbonyl (C=O) groups excluding carboxylic acids is 2. The minimum Gasteiger partial charge on any atom is -0.508 e. The monoisotopic (exact) mass is 320 g/mol. The average Bonchev–Trinajstić information content (AvgIpc) is 2.49. The van der Waals surface area contributed by atoms with Gasteiger partial charge in [0.05, 0.1) is 18.1 Å². The third-order valence-corrected chi connectivity index (χ3v) is 4.34. The van der Waals surface area contributed by atoms with Crippen LogP contribution in [0, 0.1) is 5.92 Å². The molecule has 2 unspecified atom stereocenters. The highest BCUT2D eigenvalue weighted by atomic mass is 16.5. The maximum Gasteiger partial charge on any atom is 0.305 e.